The number of aromatic nitrogens is 1. The van der Waals surface area contributed by atoms with Crippen LogP contribution in [0.1, 0.15) is 19.8 Å². The summed E-state index contributed by atoms with van der Waals surface area (Å²) in [5.41, 5.74) is 5.79. The number of ether oxygens (including phenoxy) is 1. The van der Waals surface area contributed by atoms with Crippen molar-refractivity contribution in [3.63, 3.8) is 0 Å². The summed E-state index contributed by atoms with van der Waals surface area (Å²) in [7, 11) is 1.65. The van der Waals surface area contributed by atoms with Gasteiger partial charge >= 0.3 is 0 Å². The first-order chi connectivity index (χ1) is 7.69. The number of rotatable bonds is 5. The number of hydrogen-bond acceptors (Lipinski definition) is 4. The highest BCUT2D eigenvalue weighted by Gasteiger charge is 2.41. The minimum atomic E-state index is -0.0678. The summed E-state index contributed by atoms with van der Waals surface area (Å²) >= 11 is 0. The van der Waals surface area contributed by atoms with Crippen molar-refractivity contribution in [1.82, 2.24) is 4.98 Å². The second kappa shape index (κ2) is 4.29. The molecule has 1 aliphatic rings. The van der Waals surface area contributed by atoms with Crippen molar-refractivity contribution < 1.29 is 4.74 Å². The van der Waals surface area contributed by atoms with Gasteiger partial charge in [-0.25, -0.2) is 4.98 Å². The standard InChI is InChI=1S/C12H19N3O/c1-12(8-13,9-5-6-9)15-11-10(16-2)4-3-7-14-11/h3-4,7,9H,5-6,8,13H2,1-2H3,(H,14,15). The Morgan fingerprint density at radius 1 is 1.62 bits per heavy atom. The van der Waals surface area contributed by atoms with Crippen LogP contribution in [0.5, 0.6) is 5.75 Å². The van der Waals surface area contributed by atoms with E-state index in [-0.39, 0.29) is 5.54 Å². The molecule has 0 amide bonds. The fourth-order valence-corrected chi connectivity index (χ4v) is 1.96. The van der Waals surface area contributed by atoms with Crippen molar-refractivity contribution in [2.75, 3.05) is 19.0 Å². The molecule has 0 spiro atoms. The Labute approximate surface area is 96.2 Å². The number of anilines is 1. The molecule has 0 bridgehead atoms. The van der Waals surface area contributed by atoms with E-state index in [9.17, 15) is 0 Å². The van der Waals surface area contributed by atoms with Crippen LogP contribution in [0.25, 0.3) is 0 Å². The van der Waals surface area contributed by atoms with Gasteiger partial charge in [0.05, 0.1) is 12.6 Å². The van der Waals surface area contributed by atoms with Gasteiger partial charge in [0.2, 0.25) is 0 Å². The Hall–Kier alpha value is -1.29. The van der Waals surface area contributed by atoms with Crippen molar-refractivity contribution in [3.8, 4) is 5.75 Å². The lowest BCUT2D eigenvalue weighted by atomic mass is 9.96. The molecule has 1 fully saturated rings. The van der Waals surface area contributed by atoms with E-state index in [1.807, 2.05) is 12.1 Å². The average Bonchev–Trinajstić information content (AvgIpc) is 3.14. The van der Waals surface area contributed by atoms with E-state index < -0.39 is 0 Å². The third-order valence-corrected chi connectivity index (χ3v) is 3.30. The van der Waals surface area contributed by atoms with Crippen LogP contribution >= 0.6 is 0 Å². The quantitative estimate of drug-likeness (QED) is 0.793. The van der Waals surface area contributed by atoms with Crippen LogP contribution < -0.4 is 15.8 Å². The highest BCUT2D eigenvalue weighted by molar-refractivity contribution is 5.51. The Morgan fingerprint density at radius 2 is 2.38 bits per heavy atom. The maximum Gasteiger partial charge on any atom is 0.169 e. The lowest BCUT2D eigenvalue weighted by molar-refractivity contribution is 0.407. The summed E-state index contributed by atoms with van der Waals surface area (Å²) in [6.45, 7) is 2.76. The maximum atomic E-state index is 5.86. The molecule has 88 valence electrons. The van der Waals surface area contributed by atoms with Crippen molar-refractivity contribution in [1.29, 1.82) is 0 Å². The van der Waals surface area contributed by atoms with Crippen LogP contribution in [-0.4, -0.2) is 24.2 Å². The van der Waals surface area contributed by atoms with Gasteiger partial charge in [-0.3, -0.25) is 0 Å². The summed E-state index contributed by atoms with van der Waals surface area (Å²) in [6.07, 6.45) is 4.25. The van der Waals surface area contributed by atoms with E-state index in [0.29, 0.717) is 12.5 Å². The molecule has 0 aliphatic heterocycles. The molecule has 0 aromatic carbocycles. The third kappa shape index (κ3) is 2.11. The minimum absolute atomic E-state index is 0.0678. The molecule has 1 aliphatic carbocycles. The largest absolute Gasteiger partial charge is 0.493 e. The fraction of sp³-hybridized carbons (Fsp3) is 0.583. The molecule has 1 unspecified atom stereocenters. The number of nitrogens with two attached hydrogens (primary N) is 1. The molecule has 0 radical (unpaired) electrons. The summed E-state index contributed by atoms with van der Waals surface area (Å²) in [5, 5.41) is 3.43. The van der Waals surface area contributed by atoms with E-state index in [2.05, 4.69) is 17.2 Å². The topological polar surface area (TPSA) is 60.2 Å². The van der Waals surface area contributed by atoms with Gasteiger partial charge in [0.1, 0.15) is 0 Å². The summed E-state index contributed by atoms with van der Waals surface area (Å²) in [6, 6.07) is 3.76. The smallest absolute Gasteiger partial charge is 0.169 e. The molecular formula is C12H19N3O. The molecule has 16 heavy (non-hydrogen) atoms. The molecule has 2 rings (SSSR count). The van der Waals surface area contributed by atoms with Crippen LogP contribution in [0, 0.1) is 5.92 Å². The van der Waals surface area contributed by atoms with Crippen molar-refractivity contribution in [2.24, 2.45) is 11.7 Å². The van der Waals surface area contributed by atoms with Gasteiger partial charge in [0, 0.05) is 12.7 Å². The van der Waals surface area contributed by atoms with Gasteiger partial charge in [-0.1, -0.05) is 0 Å². The van der Waals surface area contributed by atoms with E-state index >= 15 is 0 Å². The number of nitrogens with zero attached hydrogens (tertiary/aromatic N) is 1. The number of nitrogens with one attached hydrogen (secondary N) is 1. The Bertz CT molecular complexity index is 365. The zero-order valence-corrected chi connectivity index (χ0v) is 9.86. The Kier molecular flexibility index (Phi) is 3.01. The van der Waals surface area contributed by atoms with Gasteiger partial charge in [-0.15, -0.1) is 0 Å². The van der Waals surface area contributed by atoms with Crippen LogP contribution in [0.4, 0.5) is 5.82 Å². The first kappa shape index (κ1) is 11.2. The zero-order valence-electron chi connectivity index (χ0n) is 9.86. The van der Waals surface area contributed by atoms with Crippen LogP contribution in [-0.2, 0) is 0 Å². The number of pyridine rings is 1. The van der Waals surface area contributed by atoms with Crippen LogP contribution in [0.3, 0.4) is 0 Å². The summed E-state index contributed by atoms with van der Waals surface area (Å²) in [5.74, 6) is 2.21. The normalized spacial score (nSPS) is 18.9. The second-order valence-electron chi connectivity index (χ2n) is 4.58. The van der Waals surface area contributed by atoms with Gasteiger partial charge < -0.3 is 15.8 Å². The van der Waals surface area contributed by atoms with Crippen LogP contribution in [0.15, 0.2) is 18.3 Å². The monoisotopic (exact) mass is 221 g/mol. The summed E-state index contributed by atoms with van der Waals surface area (Å²) < 4.78 is 5.27. The SMILES string of the molecule is COc1cccnc1NC(C)(CN)C1CC1. The lowest BCUT2D eigenvalue weighted by Gasteiger charge is -2.30. The first-order valence-electron chi connectivity index (χ1n) is 5.67. The van der Waals surface area contributed by atoms with Gasteiger partial charge in [-0.2, -0.15) is 0 Å². The van der Waals surface area contributed by atoms with Crippen LogP contribution in [0.2, 0.25) is 0 Å². The van der Waals surface area contributed by atoms with Crippen molar-refractivity contribution >= 4 is 5.82 Å². The predicted octanol–water partition coefficient (Wildman–Crippen LogP) is 1.63. The number of hydrogen-bond donors (Lipinski definition) is 2. The molecule has 1 aromatic heterocycles. The average molecular weight is 221 g/mol. The molecule has 0 saturated heterocycles. The molecule has 1 saturated carbocycles. The highest BCUT2D eigenvalue weighted by Crippen LogP contribution is 2.41. The highest BCUT2D eigenvalue weighted by atomic mass is 16.5. The first-order valence-corrected chi connectivity index (χ1v) is 5.67. The van der Waals surface area contributed by atoms with Crippen molar-refractivity contribution in [3.05, 3.63) is 18.3 Å². The van der Waals surface area contributed by atoms with E-state index in [0.717, 1.165) is 11.6 Å². The number of methoxy groups -OCH3 is 1. The van der Waals surface area contributed by atoms with Crippen molar-refractivity contribution in [2.45, 2.75) is 25.3 Å². The third-order valence-electron chi connectivity index (χ3n) is 3.30. The van der Waals surface area contributed by atoms with Gasteiger partial charge in [0.15, 0.2) is 11.6 Å². The Morgan fingerprint density at radius 3 is 2.94 bits per heavy atom. The summed E-state index contributed by atoms with van der Waals surface area (Å²) in [4.78, 5) is 4.30. The Balaban J connectivity index is 2.18. The van der Waals surface area contributed by atoms with E-state index in [1.165, 1.54) is 12.8 Å². The zero-order chi connectivity index (χ0) is 11.6. The predicted molar refractivity (Wildman–Crippen MR) is 64.6 cm³/mol. The molecule has 1 aromatic rings. The molecule has 1 atom stereocenters. The molecule has 4 nitrogen and oxygen atoms in total. The molecular weight excluding hydrogens is 202 g/mol. The molecule has 4 heteroatoms. The maximum absolute atomic E-state index is 5.86. The molecule has 3 N–H and O–H groups in total. The van der Waals surface area contributed by atoms with Gasteiger partial charge in [0.25, 0.3) is 0 Å². The minimum Gasteiger partial charge on any atom is -0.493 e. The van der Waals surface area contributed by atoms with E-state index in [1.54, 1.807) is 13.3 Å². The van der Waals surface area contributed by atoms with Gasteiger partial charge in [-0.05, 0) is 37.8 Å². The molecule has 1 heterocycles. The van der Waals surface area contributed by atoms with E-state index in [4.69, 9.17) is 10.5 Å². The lowest BCUT2D eigenvalue weighted by Crippen LogP contribution is -2.45. The fourth-order valence-electron chi connectivity index (χ4n) is 1.96. The second-order valence-corrected chi connectivity index (χ2v) is 4.58.